The van der Waals surface area contributed by atoms with Crippen molar-refractivity contribution < 1.29 is 13.6 Å². The average molecular weight is 258 g/mol. The van der Waals surface area contributed by atoms with Crippen LogP contribution in [0.5, 0.6) is 0 Å². The smallest absolute Gasteiger partial charge is 0.319 e. The molecule has 0 radical (unpaired) electrons. The third-order valence-corrected chi connectivity index (χ3v) is 2.82. The van der Waals surface area contributed by atoms with Crippen LogP contribution in [0.1, 0.15) is 25.2 Å². The molecule has 0 saturated heterocycles. The maximum Gasteiger partial charge on any atom is 0.319 e. The molecule has 1 amide bonds. The van der Waals surface area contributed by atoms with Gasteiger partial charge in [-0.2, -0.15) is 8.78 Å². The predicted molar refractivity (Wildman–Crippen MR) is 60.9 cm³/mol. The van der Waals surface area contributed by atoms with Crippen molar-refractivity contribution in [3.8, 4) is 0 Å². The van der Waals surface area contributed by atoms with Crippen LogP contribution in [-0.2, 0) is 11.3 Å². The molecule has 0 unspecified atom stereocenters. The highest BCUT2D eigenvalue weighted by atomic mass is 19.3. The Morgan fingerprint density at radius 2 is 2.33 bits per heavy atom. The summed E-state index contributed by atoms with van der Waals surface area (Å²) in [6.45, 7) is -1.56. The summed E-state index contributed by atoms with van der Waals surface area (Å²) in [7, 11) is 0. The van der Waals surface area contributed by atoms with E-state index in [4.69, 9.17) is 0 Å². The van der Waals surface area contributed by atoms with E-state index in [0.29, 0.717) is 5.92 Å². The lowest BCUT2D eigenvalue weighted by Crippen LogP contribution is -2.35. The van der Waals surface area contributed by atoms with Crippen molar-refractivity contribution in [3.63, 3.8) is 0 Å². The molecular weight excluding hydrogens is 242 g/mol. The van der Waals surface area contributed by atoms with E-state index in [0.717, 1.165) is 11.1 Å². The van der Waals surface area contributed by atoms with Crippen LogP contribution in [0.25, 0.3) is 0 Å². The number of rotatable bonds is 7. The normalized spacial score (nSPS) is 15.1. The number of hydrogen-bond donors (Lipinski definition) is 2. The van der Waals surface area contributed by atoms with Crippen LogP contribution in [0.3, 0.4) is 0 Å². The van der Waals surface area contributed by atoms with E-state index >= 15 is 0 Å². The summed E-state index contributed by atoms with van der Waals surface area (Å²) in [6.07, 6.45) is 4.93. The molecule has 1 heterocycles. The Labute approximate surface area is 104 Å². The molecule has 5 nitrogen and oxygen atoms in total. The number of nitrogens with zero attached hydrogens (tertiary/aromatic N) is 2. The number of carbonyl (C=O) groups is 1. The van der Waals surface area contributed by atoms with Crippen molar-refractivity contribution in [3.05, 3.63) is 18.2 Å². The maximum atomic E-state index is 12.5. The van der Waals surface area contributed by atoms with E-state index in [1.165, 1.54) is 25.2 Å². The van der Waals surface area contributed by atoms with E-state index in [9.17, 15) is 13.6 Å². The van der Waals surface area contributed by atoms with E-state index in [2.05, 4.69) is 15.6 Å². The molecule has 0 aromatic carbocycles. The molecule has 0 aliphatic heterocycles. The number of carbonyl (C=O) groups excluding carboxylic acids is 1. The van der Waals surface area contributed by atoms with E-state index in [1.54, 1.807) is 0 Å². The van der Waals surface area contributed by atoms with Gasteiger partial charge in [-0.1, -0.05) is 0 Å². The van der Waals surface area contributed by atoms with Gasteiger partial charge in [0.1, 0.15) is 5.82 Å². The molecule has 7 heteroatoms. The number of aromatic nitrogens is 2. The third kappa shape index (κ3) is 3.76. The van der Waals surface area contributed by atoms with Crippen LogP contribution in [0.2, 0.25) is 0 Å². The summed E-state index contributed by atoms with van der Waals surface area (Å²) in [5, 5.41) is 5.58. The minimum absolute atomic E-state index is 0.0152. The highest BCUT2D eigenvalue weighted by Crippen LogP contribution is 2.27. The first-order valence-electron chi connectivity index (χ1n) is 5.94. The quantitative estimate of drug-likeness (QED) is 0.763. The SMILES string of the molecule is O=C(CNCC1CC1)NCc1nccn1C(F)F. The molecule has 2 N–H and O–H groups in total. The highest BCUT2D eigenvalue weighted by Gasteiger charge is 2.20. The first-order valence-corrected chi connectivity index (χ1v) is 5.94. The molecule has 1 aliphatic carbocycles. The van der Waals surface area contributed by atoms with Gasteiger partial charge in [0.15, 0.2) is 0 Å². The fourth-order valence-corrected chi connectivity index (χ4v) is 1.61. The number of hydrogen-bond acceptors (Lipinski definition) is 3. The Morgan fingerprint density at radius 1 is 1.56 bits per heavy atom. The molecule has 1 saturated carbocycles. The maximum absolute atomic E-state index is 12.5. The van der Waals surface area contributed by atoms with Gasteiger partial charge in [-0.15, -0.1) is 0 Å². The van der Waals surface area contributed by atoms with Gasteiger partial charge in [0.2, 0.25) is 5.91 Å². The Hall–Kier alpha value is -1.50. The standard InChI is InChI=1S/C11H16F2N4O/c12-11(13)17-4-3-15-9(17)6-16-10(18)7-14-5-8-1-2-8/h3-4,8,11,14H,1-2,5-7H2,(H,16,18). The van der Waals surface area contributed by atoms with Gasteiger partial charge < -0.3 is 10.6 Å². The lowest BCUT2D eigenvalue weighted by Gasteiger charge is -2.08. The summed E-state index contributed by atoms with van der Waals surface area (Å²) >= 11 is 0. The lowest BCUT2D eigenvalue weighted by molar-refractivity contribution is -0.120. The summed E-state index contributed by atoms with van der Waals surface area (Å²) in [5.41, 5.74) is 0. The van der Waals surface area contributed by atoms with Crippen molar-refractivity contribution >= 4 is 5.91 Å². The topological polar surface area (TPSA) is 59.0 Å². The minimum Gasteiger partial charge on any atom is -0.348 e. The van der Waals surface area contributed by atoms with Gasteiger partial charge >= 0.3 is 6.55 Å². The molecule has 18 heavy (non-hydrogen) atoms. The van der Waals surface area contributed by atoms with Crippen molar-refractivity contribution in [1.29, 1.82) is 0 Å². The molecule has 1 aliphatic rings. The predicted octanol–water partition coefficient (Wildman–Crippen LogP) is 0.894. The fourth-order valence-electron chi connectivity index (χ4n) is 1.61. The average Bonchev–Trinajstić information content (AvgIpc) is 3.02. The fraction of sp³-hybridized carbons (Fsp3) is 0.636. The Balaban J connectivity index is 1.69. The molecule has 1 aromatic rings. The zero-order chi connectivity index (χ0) is 13.0. The lowest BCUT2D eigenvalue weighted by atomic mass is 10.4. The largest absolute Gasteiger partial charge is 0.348 e. The van der Waals surface area contributed by atoms with Crippen molar-refractivity contribution in [1.82, 2.24) is 20.2 Å². The van der Waals surface area contributed by atoms with Gasteiger partial charge in [0, 0.05) is 12.4 Å². The number of amides is 1. The monoisotopic (exact) mass is 258 g/mol. The molecule has 2 rings (SSSR count). The Morgan fingerprint density at radius 3 is 3.00 bits per heavy atom. The minimum atomic E-state index is -2.63. The van der Waals surface area contributed by atoms with Crippen LogP contribution in [0.15, 0.2) is 12.4 Å². The van der Waals surface area contributed by atoms with E-state index in [1.807, 2.05) is 0 Å². The Kier molecular flexibility index (Phi) is 4.24. The van der Waals surface area contributed by atoms with Gasteiger partial charge in [0.05, 0.1) is 13.1 Å². The van der Waals surface area contributed by atoms with E-state index < -0.39 is 6.55 Å². The van der Waals surface area contributed by atoms with Crippen LogP contribution in [-0.4, -0.2) is 28.5 Å². The van der Waals surface area contributed by atoms with Crippen LogP contribution in [0, 0.1) is 5.92 Å². The van der Waals surface area contributed by atoms with Crippen molar-refractivity contribution in [2.45, 2.75) is 25.9 Å². The number of alkyl halides is 2. The number of halogens is 2. The summed E-state index contributed by atoms with van der Waals surface area (Å²) in [4.78, 5) is 15.2. The first-order chi connectivity index (χ1) is 8.66. The molecule has 100 valence electrons. The molecule has 1 fully saturated rings. The highest BCUT2D eigenvalue weighted by molar-refractivity contribution is 5.77. The summed E-state index contributed by atoms with van der Waals surface area (Å²) < 4.78 is 25.7. The van der Waals surface area contributed by atoms with Crippen molar-refractivity contribution in [2.24, 2.45) is 5.92 Å². The van der Waals surface area contributed by atoms with Crippen molar-refractivity contribution in [2.75, 3.05) is 13.1 Å². The molecular formula is C11H16F2N4O. The van der Waals surface area contributed by atoms with Gasteiger partial charge in [-0.05, 0) is 25.3 Å². The van der Waals surface area contributed by atoms with Crippen LogP contribution >= 0.6 is 0 Å². The second kappa shape index (κ2) is 5.90. The number of nitrogens with one attached hydrogen (secondary N) is 2. The second-order valence-corrected chi connectivity index (χ2v) is 4.38. The van der Waals surface area contributed by atoms with Gasteiger partial charge in [-0.3, -0.25) is 9.36 Å². The first kappa shape index (κ1) is 12.9. The van der Waals surface area contributed by atoms with Gasteiger partial charge in [-0.25, -0.2) is 4.98 Å². The second-order valence-electron chi connectivity index (χ2n) is 4.38. The molecule has 0 spiro atoms. The Bertz CT molecular complexity index is 404. The van der Waals surface area contributed by atoms with E-state index in [-0.39, 0.29) is 24.8 Å². The van der Waals surface area contributed by atoms with Crippen LogP contribution in [0.4, 0.5) is 8.78 Å². The van der Waals surface area contributed by atoms with Crippen LogP contribution < -0.4 is 10.6 Å². The zero-order valence-electron chi connectivity index (χ0n) is 9.90. The number of imidazole rings is 1. The molecule has 0 atom stereocenters. The molecule has 1 aromatic heterocycles. The van der Waals surface area contributed by atoms with Gasteiger partial charge in [0.25, 0.3) is 0 Å². The summed E-state index contributed by atoms with van der Waals surface area (Å²) in [6, 6.07) is 0. The zero-order valence-corrected chi connectivity index (χ0v) is 9.90. The molecule has 0 bridgehead atoms. The summed E-state index contributed by atoms with van der Waals surface area (Å²) in [5.74, 6) is 0.649. The third-order valence-electron chi connectivity index (χ3n) is 2.82.